The number of hydrogen-bond acceptors (Lipinski definition) is 3. The van der Waals surface area contributed by atoms with E-state index < -0.39 is 0 Å². The van der Waals surface area contributed by atoms with Crippen LogP contribution in [0, 0.1) is 13.8 Å². The summed E-state index contributed by atoms with van der Waals surface area (Å²) in [5.74, 6) is 0.235. The number of aryl methyl sites for hydroxylation is 2. The number of carbonyl (C=O) groups is 1. The topological polar surface area (TPSA) is 52.2 Å². The number of likely N-dealkylation sites (tertiary alicyclic amines) is 2. The van der Waals surface area contributed by atoms with E-state index in [4.69, 9.17) is 0 Å². The number of benzene rings is 1. The van der Waals surface area contributed by atoms with Crippen LogP contribution in [0.15, 0.2) is 30.3 Å². The number of H-pyrrole nitrogens is 1. The lowest BCUT2D eigenvalue weighted by Crippen LogP contribution is -2.45. The molecule has 0 aliphatic carbocycles. The third-order valence-corrected chi connectivity index (χ3v) is 6.51. The molecule has 2 saturated heterocycles. The van der Waals surface area contributed by atoms with Gasteiger partial charge >= 0.3 is 0 Å². The van der Waals surface area contributed by atoms with E-state index in [1.807, 2.05) is 19.9 Å². The molecule has 1 N–H and O–H groups in total. The zero-order chi connectivity index (χ0) is 19.0. The van der Waals surface area contributed by atoms with Crippen molar-refractivity contribution in [2.45, 2.75) is 64.1 Å². The van der Waals surface area contributed by atoms with Gasteiger partial charge in [-0.2, -0.15) is 5.10 Å². The first-order valence-corrected chi connectivity index (χ1v) is 10.1. The molecule has 3 atom stereocenters. The van der Waals surface area contributed by atoms with Crippen LogP contribution in [-0.2, 0) is 11.2 Å². The molecule has 0 spiro atoms. The molecule has 4 rings (SSSR count). The molecule has 0 radical (unpaired) electrons. The van der Waals surface area contributed by atoms with E-state index in [1.54, 1.807) is 0 Å². The number of hydrogen-bond donors (Lipinski definition) is 1. The summed E-state index contributed by atoms with van der Waals surface area (Å²) in [6.45, 7) is 5.11. The molecule has 0 bridgehead atoms. The average molecular weight is 367 g/mol. The van der Waals surface area contributed by atoms with Crippen LogP contribution in [-0.4, -0.2) is 51.6 Å². The SMILES string of the molecule is Cc1n[nH]c(C)c1CC(=O)N1[C@H](c2ccccc2)C[C@@H]2[C@@H]1CCCCN2C. The van der Waals surface area contributed by atoms with Crippen LogP contribution in [0.25, 0.3) is 0 Å². The summed E-state index contributed by atoms with van der Waals surface area (Å²) in [6, 6.07) is 11.5. The summed E-state index contributed by atoms with van der Waals surface area (Å²) in [6.07, 6.45) is 4.99. The predicted molar refractivity (Wildman–Crippen MR) is 106 cm³/mol. The lowest BCUT2D eigenvalue weighted by Gasteiger charge is -2.33. The standard InChI is InChI=1S/C22H30N4O/c1-15-18(16(2)24-23-15)13-22(27)26-19-11-7-8-12-25(3)21(19)14-20(26)17-9-5-4-6-10-17/h4-6,9-10,19-21H,7-8,11-14H2,1-3H3,(H,23,24)/t19-,20-,21+/m0/s1. The van der Waals surface area contributed by atoms with Crippen LogP contribution in [0.3, 0.4) is 0 Å². The molecule has 5 heteroatoms. The van der Waals surface area contributed by atoms with Gasteiger partial charge in [0.2, 0.25) is 5.91 Å². The number of carbonyl (C=O) groups excluding carboxylic acids is 1. The Hall–Kier alpha value is -2.14. The van der Waals surface area contributed by atoms with Gasteiger partial charge in [-0.3, -0.25) is 9.89 Å². The lowest BCUT2D eigenvalue weighted by atomic mass is 10.0. The Morgan fingerprint density at radius 2 is 1.96 bits per heavy atom. The summed E-state index contributed by atoms with van der Waals surface area (Å²) < 4.78 is 0. The number of aromatic nitrogens is 2. The fourth-order valence-electron chi connectivity index (χ4n) is 5.01. The first-order chi connectivity index (χ1) is 13.1. The highest BCUT2D eigenvalue weighted by Gasteiger charge is 2.46. The van der Waals surface area contributed by atoms with Crippen LogP contribution < -0.4 is 0 Å². The number of aromatic amines is 1. The van der Waals surface area contributed by atoms with Crippen molar-refractivity contribution >= 4 is 5.91 Å². The van der Waals surface area contributed by atoms with Gasteiger partial charge in [0.1, 0.15) is 0 Å². The third-order valence-electron chi connectivity index (χ3n) is 6.51. The van der Waals surface area contributed by atoms with Gasteiger partial charge < -0.3 is 9.80 Å². The highest BCUT2D eigenvalue weighted by molar-refractivity contribution is 5.80. The minimum Gasteiger partial charge on any atom is -0.331 e. The molecule has 5 nitrogen and oxygen atoms in total. The molecule has 2 fully saturated rings. The van der Waals surface area contributed by atoms with Gasteiger partial charge in [-0.1, -0.05) is 36.8 Å². The molecular weight excluding hydrogens is 336 g/mol. The molecule has 27 heavy (non-hydrogen) atoms. The number of fused-ring (bicyclic) bond motifs is 1. The van der Waals surface area contributed by atoms with Gasteiger partial charge in [0, 0.05) is 23.3 Å². The van der Waals surface area contributed by atoms with Gasteiger partial charge in [0.25, 0.3) is 0 Å². The zero-order valence-electron chi connectivity index (χ0n) is 16.6. The van der Waals surface area contributed by atoms with Crippen molar-refractivity contribution in [2.75, 3.05) is 13.6 Å². The summed E-state index contributed by atoms with van der Waals surface area (Å²) in [4.78, 5) is 18.2. The van der Waals surface area contributed by atoms with E-state index in [-0.39, 0.29) is 11.9 Å². The maximum atomic E-state index is 13.5. The minimum absolute atomic E-state index is 0.168. The van der Waals surface area contributed by atoms with Gasteiger partial charge in [0.05, 0.1) is 18.2 Å². The third kappa shape index (κ3) is 3.41. The van der Waals surface area contributed by atoms with Crippen molar-refractivity contribution < 1.29 is 4.79 Å². The molecule has 2 aliphatic rings. The van der Waals surface area contributed by atoms with Crippen LogP contribution >= 0.6 is 0 Å². The van der Waals surface area contributed by atoms with Crippen molar-refractivity contribution in [3.8, 4) is 0 Å². The molecule has 144 valence electrons. The number of nitrogens with one attached hydrogen (secondary N) is 1. The first kappa shape index (κ1) is 18.2. The molecule has 0 unspecified atom stereocenters. The van der Waals surface area contributed by atoms with Gasteiger partial charge in [-0.05, 0) is 52.3 Å². The maximum absolute atomic E-state index is 13.5. The maximum Gasteiger partial charge on any atom is 0.227 e. The summed E-state index contributed by atoms with van der Waals surface area (Å²) in [5, 5.41) is 7.30. The van der Waals surface area contributed by atoms with E-state index >= 15 is 0 Å². The normalized spacial score (nSPS) is 26.0. The molecule has 1 amide bonds. The monoisotopic (exact) mass is 366 g/mol. The molecule has 3 heterocycles. The van der Waals surface area contributed by atoms with E-state index in [9.17, 15) is 4.79 Å². The van der Waals surface area contributed by atoms with E-state index in [0.29, 0.717) is 18.5 Å². The number of nitrogens with zero attached hydrogens (tertiary/aromatic N) is 3. The molecular formula is C22H30N4O. The fourth-order valence-corrected chi connectivity index (χ4v) is 5.01. The Morgan fingerprint density at radius 1 is 1.19 bits per heavy atom. The second-order valence-electron chi connectivity index (χ2n) is 8.16. The van der Waals surface area contributed by atoms with Crippen LogP contribution in [0.5, 0.6) is 0 Å². The second-order valence-corrected chi connectivity index (χ2v) is 8.16. The molecule has 1 aromatic heterocycles. The highest BCUT2D eigenvalue weighted by atomic mass is 16.2. The Labute approximate surface area is 161 Å². The number of amides is 1. The van der Waals surface area contributed by atoms with Crippen molar-refractivity contribution in [3.05, 3.63) is 52.8 Å². The van der Waals surface area contributed by atoms with E-state index in [2.05, 4.69) is 51.3 Å². The molecule has 2 aromatic rings. The van der Waals surface area contributed by atoms with Crippen LogP contribution in [0.4, 0.5) is 0 Å². The summed E-state index contributed by atoms with van der Waals surface area (Å²) in [7, 11) is 2.23. The summed E-state index contributed by atoms with van der Waals surface area (Å²) in [5.41, 5.74) is 4.25. The molecule has 2 aliphatic heterocycles. The Balaban J connectivity index is 1.67. The Kier molecular flexibility index (Phi) is 5.04. The van der Waals surface area contributed by atoms with E-state index in [0.717, 1.165) is 36.3 Å². The fraction of sp³-hybridized carbons (Fsp3) is 0.545. The Morgan fingerprint density at radius 3 is 2.67 bits per heavy atom. The quantitative estimate of drug-likeness (QED) is 0.906. The smallest absolute Gasteiger partial charge is 0.227 e. The minimum atomic E-state index is 0.168. The van der Waals surface area contributed by atoms with Gasteiger partial charge in [0.15, 0.2) is 0 Å². The Bertz CT molecular complexity index is 780. The molecule has 1 aromatic carbocycles. The number of likely N-dealkylation sites (N-methyl/N-ethyl adjacent to an activating group) is 1. The number of rotatable bonds is 3. The van der Waals surface area contributed by atoms with Gasteiger partial charge in [-0.25, -0.2) is 0 Å². The van der Waals surface area contributed by atoms with Gasteiger partial charge in [-0.15, -0.1) is 0 Å². The van der Waals surface area contributed by atoms with Crippen molar-refractivity contribution in [1.82, 2.24) is 20.0 Å². The van der Waals surface area contributed by atoms with Crippen molar-refractivity contribution in [3.63, 3.8) is 0 Å². The van der Waals surface area contributed by atoms with Crippen LogP contribution in [0.2, 0.25) is 0 Å². The van der Waals surface area contributed by atoms with Crippen LogP contribution in [0.1, 0.15) is 54.2 Å². The van der Waals surface area contributed by atoms with E-state index in [1.165, 1.54) is 18.4 Å². The highest BCUT2D eigenvalue weighted by Crippen LogP contribution is 2.42. The predicted octanol–water partition coefficient (Wildman–Crippen LogP) is 3.40. The molecule has 0 saturated carbocycles. The second kappa shape index (κ2) is 7.47. The first-order valence-electron chi connectivity index (χ1n) is 10.1. The largest absolute Gasteiger partial charge is 0.331 e. The van der Waals surface area contributed by atoms with Crippen molar-refractivity contribution in [2.24, 2.45) is 0 Å². The lowest BCUT2D eigenvalue weighted by molar-refractivity contribution is -0.134. The average Bonchev–Trinajstić information content (AvgIpc) is 3.15. The summed E-state index contributed by atoms with van der Waals surface area (Å²) >= 11 is 0. The zero-order valence-corrected chi connectivity index (χ0v) is 16.6. The van der Waals surface area contributed by atoms with Crippen molar-refractivity contribution in [1.29, 1.82) is 0 Å².